The van der Waals surface area contributed by atoms with Crippen molar-refractivity contribution in [3.63, 3.8) is 0 Å². The molecule has 1 aliphatic rings. The van der Waals surface area contributed by atoms with E-state index in [0.29, 0.717) is 17.4 Å². The Labute approximate surface area is 159 Å². The lowest BCUT2D eigenvalue weighted by Gasteiger charge is -2.33. The van der Waals surface area contributed by atoms with Crippen LogP contribution < -0.4 is 5.32 Å². The summed E-state index contributed by atoms with van der Waals surface area (Å²) in [5.74, 6) is 1.30. The van der Waals surface area contributed by atoms with Crippen molar-refractivity contribution in [2.45, 2.75) is 52.0 Å². The van der Waals surface area contributed by atoms with Crippen molar-refractivity contribution in [3.05, 3.63) is 36.0 Å². The number of hydrogen-bond donors (Lipinski definition) is 2. The van der Waals surface area contributed by atoms with Gasteiger partial charge in [0.2, 0.25) is 11.8 Å². The van der Waals surface area contributed by atoms with Crippen LogP contribution >= 0.6 is 0 Å². The topological polar surface area (TPSA) is 91.5 Å². The Balaban J connectivity index is 1.56. The second-order valence-corrected chi connectivity index (χ2v) is 8.20. The Morgan fingerprint density at radius 3 is 2.56 bits per heavy atom. The molecule has 0 radical (unpaired) electrons. The number of para-hydroxylation sites is 2. The second-order valence-electron chi connectivity index (χ2n) is 8.20. The van der Waals surface area contributed by atoms with Crippen LogP contribution in [0, 0.1) is 5.92 Å². The average molecular weight is 372 g/mol. The third kappa shape index (κ3) is 4.47. The van der Waals surface area contributed by atoms with Gasteiger partial charge in [0.25, 0.3) is 0 Å². The van der Waals surface area contributed by atoms with Crippen LogP contribution in [0.15, 0.2) is 28.8 Å². The number of likely N-dealkylation sites (tertiary alicyclic amines) is 1. The minimum atomic E-state index is -0.143. The van der Waals surface area contributed by atoms with Gasteiger partial charge in [-0.2, -0.15) is 4.98 Å². The molecule has 7 nitrogen and oxygen atoms in total. The minimum Gasteiger partial charge on any atom is -0.506 e. The second kappa shape index (κ2) is 7.68. The van der Waals surface area contributed by atoms with Gasteiger partial charge in [-0.25, -0.2) is 0 Å². The summed E-state index contributed by atoms with van der Waals surface area (Å²) < 4.78 is 5.46. The molecule has 1 unspecified atom stereocenters. The van der Waals surface area contributed by atoms with Gasteiger partial charge in [-0.3, -0.25) is 9.69 Å². The van der Waals surface area contributed by atoms with Crippen LogP contribution in [0.2, 0.25) is 0 Å². The molecular weight excluding hydrogens is 344 g/mol. The number of carbonyl (C=O) groups excluding carboxylic acids is 1. The number of amides is 1. The summed E-state index contributed by atoms with van der Waals surface area (Å²) >= 11 is 0. The van der Waals surface area contributed by atoms with Gasteiger partial charge < -0.3 is 14.9 Å². The number of anilines is 1. The number of aromatic hydroxyl groups is 1. The summed E-state index contributed by atoms with van der Waals surface area (Å²) in [6.07, 6.45) is 1.51. The van der Waals surface area contributed by atoms with E-state index in [4.69, 9.17) is 4.52 Å². The first kappa shape index (κ1) is 19.4. The number of phenolic OH excluding ortho intramolecular Hbond substituents is 1. The first-order chi connectivity index (χ1) is 12.8. The van der Waals surface area contributed by atoms with Crippen LogP contribution in [-0.2, 0) is 10.2 Å². The number of aromatic nitrogens is 2. The van der Waals surface area contributed by atoms with Crippen LogP contribution in [0.4, 0.5) is 5.69 Å². The highest BCUT2D eigenvalue weighted by Gasteiger charge is 2.31. The first-order valence-corrected chi connectivity index (χ1v) is 9.42. The van der Waals surface area contributed by atoms with E-state index in [9.17, 15) is 9.90 Å². The van der Waals surface area contributed by atoms with E-state index in [1.807, 2.05) is 0 Å². The van der Waals surface area contributed by atoms with Crippen molar-refractivity contribution in [1.29, 1.82) is 0 Å². The fourth-order valence-corrected chi connectivity index (χ4v) is 3.23. The van der Waals surface area contributed by atoms with Crippen LogP contribution in [0.3, 0.4) is 0 Å². The number of benzene rings is 1. The molecule has 2 N–H and O–H groups in total. The molecule has 0 saturated carbocycles. The van der Waals surface area contributed by atoms with E-state index in [2.05, 4.69) is 48.1 Å². The Kier molecular flexibility index (Phi) is 5.51. The van der Waals surface area contributed by atoms with Crippen molar-refractivity contribution in [3.8, 4) is 5.75 Å². The molecule has 7 heteroatoms. The average Bonchev–Trinajstić information content (AvgIpc) is 3.14. The molecule has 1 amide bonds. The zero-order valence-electron chi connectivity index (χ0n) is 16.4. The summed E-state index contributed by atoms with van der Waals surface area (Å²) in [5, 5.41) is 16.7. The molecule has 1 saturated heterocycles. The van der Waals surface area contributed by atoms with Gasteiger partial charge in [-0.15, -0.1) is 0 Å². The van der Waals surface area contributed by atoms with Gasteiger partial charge in [-0.1, -0.05) is 38.1 Å². The molecule has 1 aliphatic heterocycles. The Hall–Kier alpha value is -2.41. The van der Waals surface area contributed by atoms with Crippen molar-refractivity contribution >= 4 is 11.6 Å². The predicted octanol–water partition coefficient (Wildman–Crippen LogP) is 3.48. The monoisotopic (exact) mass is 372 g/mol. The largest absolute Gasteiger partial charge is 0.506 e. The van der Waals surface area contributed by atoms with Gasteiger partial charge in [0.15, 0.2) is 5.82 Å². The van der Waals surface area contributed by atoms with Crippen LogP contribution in [-0.4, -0.2) is 39.1 Å². The maximum Gasteiger partial charge on any atom is 0.243 e. The highest BCUT2D eigenvalue weighted by Crippen LogP contribution is 2.29. The molecule has 1 fully saturated rings. The summed E-state index contributed by atoms with van der Waals surface area (Å²) in [5.41, 5.74) is 0.314. The van der Waals surface area contributed by atoms with Gasteiger partial charge in [-0.05, 0) is 45.0 Å². The lowest BCUT2D eigenvalue weighted by atomic mass is 9.94. The molecule has 2 aromatic rings. The third-order valence-corrected chi connectivity index (χ3v) is 5.08. The lowest BCUT2D eigenvalue weighted by Crippen LogP contribution is -2.39. The summed E-state index contributed by atoms with van der Waals surface area (Å²) in [6, 6.07) is 6.81. The highest BCUT2D eigenvalue weighted by atomic mass is 16.5. The molecule has 0 aliphatic carbocycles. The molecule has 2 heterocycles. The number of nitrogens with one attached hydrogen (secondary N) is 1. The molecular formula is C20H28N4O3. The zero-order chi connectivity index (χ0) is 19.6. The van der Waals surface area contributed by atoms with Crippen molar-refractivity contribution in [1.82, 2.24) is 15.0 Å². The third-order valence-electron chi connectivity index (χ3n) is 5.08. The van der Waals surface area contributed by atoms with E-state index >= 15 is 0 Å². The molecule has 1 aromatic heterocycles. The maximum absolute atomic E-state index is 12.5. The van der Waals surface area contributed by atoms with Crippen LogP contribution in [0.5, 0.6) is 5.75 Å². The van der Waals surface area contributed by atoms with Crippen molar-refractivity contribution < 1.29 is 14.4 Å². The molecule has 0 bridgehead atoms. The normalized spacial score (nSPS) is 17.6. The first-order valence-electron chi connectivity index (χ1n) is 9.42. The summed E-state index contributed by atoms with van der Waals surface area (Å²) in [6.45, 7) is 9.80. The van der Waals surface area contributed by atoms with E-state index in [1.54, 1.807) is 24.3 Å². The number of nitrogens with zero attached hydrogens (tertiary/aromatic N) is 3. The highest BCUT2D eigenvalue weighted by molar-refractivity contribution is 5.93. The van der Waals surface area contributed by atoms with E-state index in [1.165, 1.54) is 0 Å². The Morgan fingerprint density at radius 1 is 1.30 bits per heavy atom. The lowest BCUT2D eigenvalue weighted by molar-refractivity contribution is -0.121. The fourth-order valence-electron chi connectivity index (χ4n) is 3.23. The smallest absolute Gasteiger partial charge is 0.243 e. The fraction of sp³-hybridized carbons (Fsp3) is 0.550. The number of carbonyl (C=O) groups is 1. The van der Waals surface area contributed by atoms with Crippen LogP contribution in [0.1, 0.15) is 58.3 Å². The van der Waals surface area contributed by atoms with Gasteiger partial charge in [0.05, 0.1) is 11.7 Å². The SMILES string of the molecule is CC(c1nc(C(C)(C)C)no1)N1CCC(C(=O)Nc2ccccc2O)CC1. The molecule has 146 valence electrons. The zero-order valence-corrected chi connectivity index (χ0v) is 16.4. The van der Waals surface area contributed by atoms with E-state index in [0.717, 1.165) is 25.9 Å². The Bertz CT molecular complexity index is 789. The molecule has 3 rings (SSSR count). The molecule has 27 heavy (non-hydrogen) atoms. The standard InChI is InChI=1S/C20H28N4O3/c1-13(18-22-19(23-27-18)20(2,3)4)24-11-9-14(10-12-24)17(26)21-15-7-5-6-8-16(15)25/h5-8,13-14,25H,9-12H2,1-4H3,(H,21,26). The van der Waals surface area contributed by atoms with Gasteiger partial charge in [0.1, 0.15) is 5.75 Å². The predicted molar refractivity (Wildman–Crippen MR) is 102 cm³/mol. The number of hydrogen-bond acceptors (Lipinski definition) is 6. The number of rotatable bonds is 4. The van der Waals surface area contributed by atoms with Crippen molar-refractivity contribution in [2.75, 3.05) is 18.4 Å². The van der Waals surface area contributed by atoms with E-state index < -0.39 is 0 Å². The van der Waals surface area contributed by atoms with Gasteiger partial charge >= 0.3 is 0 Å². The molecule has 1 atom stereocenters. The molecule has 1 aromatic carbocycles. The number of phenols is 1. The maximum atomic E-state index is 12.5. The van der Waals surface area contributed by atoms with E-state index in [-0.39, 0.29) is 29.0 Å². The van der Waals surface area contributed by atoms with Crippen molar-refractivity contribution in [2.24, 2.45) is 5.92 Å². The Morgan fingerprint density at radius 2 is 1.96 bits per heavy atom. The number of piperidine rings is 1. The van der Waals surface area contributed by atoms with Crippen LogP contribution in [0.25, 0.3) is 0 Å². The minimum absolute atomic E-state index is 0.0239. The summed E-state index contributed by atoms with van der Waals surface area (Å²) in [4.78, 5) is 19.3. The summed E-state index contributed by atoms with van der Waals surface area (Å²) in [7, 11) is 0. The molecule has 0 spiro atoms. The quantitative estimate of drug-likeness (QED) is 0.799. The van der Waals surface area contributed by atoms with Gasteiger partial charge in [0, 0.05) is 11.3 Å².